The molecule has 0 saturated carbocycles. The van der Waals surface area contributed by atoms with Gasteiger partial charge in [-0.3, -0.25) is 14.4 Å². The molecule has 0 aliphatic heterocycles. The molecule has 0 heterocycles. The molecule has 1 aromatic carbocycles. The van der Waals surface area contributed by atoms with Gasteiger partial charge >= 0.3 is 0 Å². The zero-order chi connectivity index (χ0) is 19.5. The average Bonchev–Trinajstić information content (AvgIpc) is 2.58. The van der Waals surface area contributed by atoms with Crippen LogP contribution in [0.15, 0.2) is 24.3 Å². The van der Waals surface area contributed by atoms with E-state index in [9.17, 15) is 18.8 Å². The van der Waals surface area contributed by atoms with Crippen LogP contribution in [0, 0.1) is 5.82 Å². The van der Waals surface area contributed by atoms with Crippen LogP contribution in [-0.2, 0) is 14.3 Å². The lowest BCUT2D eigenvalue weighted by Crippen LogP contribution is -2.47. The number of nitrogens with one attached hydrogen (secondary N) is 2. The molecule has 1 aromatic rings. The molecule has 0 fully saturated rings. The lowest BCUT2D eigenvalue weighted by molar-refractivity contribution is -0.123. The Hall–Kier alpha value is -2.48. The molecule has 144 valence electrons. The Morgan fingerprint density at radius 2 is 1.85 bits per heavy atom. The van der Waals surface area contributed by atoms with E-state index >= 15 is 0 Å². The number of carbonyl (C=O) groups excluding carboxylic acids is 3. The summed E-state index contributed by atoms with van der Waals surface area (Å²) in [5.74, 6) is -1.97. The van der Waals surface area contributed by atoms with Crippen LogP contribution in [0.1, 0.15) is 43.5 Å². The molecule has 0 aliphatic rings. The third-order valence-electron chi connectivity index (χ3n) is 3.48. The lowest BCUT2D eigenvalue weighted by Gasteiger charge is -2.18. The summed E-state index contributed by atoms with van der Waals surface area (Å²) in [6, 6.07) is 4.03. The van der Waals surface area contributed by atoms with E-state index in [1.54, 1.807) is 0 Å². The van der Waals surface area contributed by atoms with Crippen LogP contribution in [-0.4, -0.2) is 43.0 Å². The maximum atomic E-state index is 12.9. The fourth-order valence-electron chi connectivity index (χ4n) is 2.12. The number of halogens is 1. The molecule has 1 unspecified atom stereocenters. The van der Waals surface area contributed by atoms with Gasteiger partial charge in [0.2, 0.25) is 11.8 Å². The van der Waals surface area contributed by atoms with E-state index in [1.165, 1.54) is 12.1 Å². The molecular formula is C18H26FN3O4. The van der Waals surface area contributed by atoms with Gasteiger partial charge in [-0.15, -0.1) is 0 Å². The second kappa shape index (κ2) is 11.2. The van der Waals surface area contributed by atoms with Crippen LogP contribution in [0.5, 0.6) is 0 Å². The van der Waals surface area contributed by atoms with Gasteiger partial charge in [0.05, 0.1) is 6.10 Å². The summed E-state index contributed by atoms with van der Waals surface area (Å²) >= 11 is 0. The van der Waals surface area contributed by atoms with Gasteiger partial charge in [-0.1, -0.05) is 0 Å². The van der Waals surface area contributed by atoms with E-state index in [0.29, 0.717) is 19.6 Å². The first-order valence-electron chi connectivity index (χ1n) is 8.53. The zero-order valence-electron chi connectivity index (χ0n) is 15.1. The van der Waals surface area contributed by atoms with Gasteiger partial charge in [-0.25, -0.2) is 4.39 Å². The third-order valence-corrected chi connectivity index (χ3v) is 3.48. The molecule has 1 rings (SSSR count). The molecule has 8 heteroatoms. The topological polar surface area (TPSA) is 111 Å². The van der Waals surface area contributed by atoms with Crippen molar-refractivity contribution in [1.82, 2.24) is 10.6 Å². The molecule has 0 radical (unpaired) electrons. The number of hydrogen-bond donors (Lipinski definition) is 3. The minimum Gasteiger partial charge on any atom is -0.379 e. The molecule has 0 aliphatic carbocycles. The van der Waals surface area contributed by atoms with Crippen molar-refractivity contribution >= 4 is 17.7 Å². The molecular weight excluding hydrogens is 341 g/mol. The summed E-state index contributed by atoms with van der Waals surface area (Å²) in [4.78, 5) is 35.5. The highest BCUT2D eigenvalue weighted by molar-refractivity contribution is 5.97. The van der Waals surface area contributed by atoms with Crippen LogP contribution in [0.2, 0.25) is 0 Å². The number of amides is 3. The van der Waals surface area contributed by atoms with Gasteiger partial charge in [0.15, 0.2) is 0 Å². The Morgan fingerprint density at radius 3 is 2.42 bits per heavy atom. The molecule has 7 nitrogen and oxygen atoms in total. The van der Waals surface area contributed by atoms with E-state index < -0.39 is 29.6 Å². The van der Waals surface area contributed by atoms with E-state index in [0.717, 1.165) is 12.1 Å². The zero-order valence-corrected chi connectivity index (χ0v) is 15.1. The number of ether oxygens (including phenoxy) is 1. The van der Waals surface area contributed by atoms with Crippen molar-refractivity contribution in [3.8, 4) is 0 Å². The summed E-state index contributed by atoms with van der Waals surface area (Å²) in [5.41, 5.74) is 5.34. The van der Waals surface area contributed by atoms with Crippen LogP contribution in [0.3, 0.4) is 0 Å². The first-order chi connectivity index (χ1) is 12.3. The first kappa shape index (κ1) is 21.6. The van der Waals surface area contributed by atoms with Crippen molar-refractivity contribution in [3.05, 3.63) is 35.6 Å². The third kappa shape index (κ3) is 8.57. The SMILES string of the molecule is CC(C)OCCCNC(=O)C(CCC(N)=O)NC(=O)c1ccc(F)cc1. The van der Waals surface area contributed by atoms with Crippen molar-refractivity contribution in [2.45, 2.75) is 45.3 Å². The van der Waals surface area contributed by atoms with Gasteiger partial charge < -0.3 is 21.1 Å². The smallest absolute Gasteiger partial charge is 0.251 e. The summed E-state index contributed by atoms with van der Waals surface area (Å²) in [5, 5.41) is 5.25. The van der Waals surface area contributed by atoms with Gasteiger partial charge in [-0.2, -0.15) is 0 Å². The lowest BCUT2D eigenvalue weighted by atomic mass is 10.1. The van der Waals surface area contributed by atoms with Crippen LogP contribution in [0.4, 0.5) is 4.39 Å². The number of nitrogens with two attached hydrogens (primary N) is 1. The van der Waals surface area contributed by atoms with Crippen molar-refractivity contribution in [1.29, 1.82) is 0 Å². The molecule has 0 aromatic heterocycles. The summed E-state index contributed by atoms with van der Waals surface area (Å²) in [7, 11) is 0. The molecule has 26 heavy (non-hydrogen) atoms. The fourth-order valence-corrected chi connectivity index (χ4v) is 2.12. The second-order valence-corrected chi connectivity index (χ2v) is 6.10. The van der Waals surface area contributed by atoms with Crippen LogP contribution < -0.4 is 16.4 Å². The van der Waals surface area contributed by atoms with Crippen LogP contribution in [0.25, 0.3) is 0 Å². The number of benzene rings is 1. The molecule has 0 bridgehead atoms. The van der Waals surface area contributed by atoms with Gasteiger partial charge in [0.1, 0.15) is 11.9 Å². The van der Waals surface area contributed by atoms with Crippen molar-refractivity contribution in [2.75, 3.05) is 13.2 Å². The van der Waals surface area contributed by atoms with Gasteiger partial charge in [0, 0.05) is 25.1 Å². The van der Waals surface area contributed by atoms with E-state index in [2.05, 4.69) is 10.6 Å². The largest absolute Gasteiger partial charge is 0.379 e. The molecule has 4 N–H and O–H groups in total. The number of rotatable bonds is 11. The number of hydrogen-bond acceptors (Lipinski definition) is 4. The Balaban J connectivity index is 2.59. The number of primary amides is 1. The highest BCUT2D eigenvalue weighted by Crippen LogP contribution is 2.05. The predicted molar refractivity (Wildman–Crippen MR) is 94.8 cm³/mol. The van der Waals surface area contributed by atoms with Crippen molar-refractivity contribution in [3.63, 3.8) is 0 Å². The second-order valence-electron chi connectivity index (χ2n) is 6.10. The summed E-state index contributed by atoms with van der Waals surface area (Å²) in [6.07, 6.45) is 0.775. The summed E-state index contributed by atoms with van der Waals surface area (Å²) in [6.45, 7) is 4.73. The number of carbonyl (C=O) groups is 3. The highest BCUT2D eigenvalue weighted by atomic mass is 19.1. The summed E-state index contributed by atoms with van der Waals surface area (Å²) < 4.78 is 18.3. The van der Waals surface area contributed by atoms with E-state index in [-0.39, 0.29) is 24.5 Å². The van der Waals surface area contributed by atoms with E-state index in [1.807, 2.05) is 13.8 Å². The van der Waals surface area contributed by atoms with Crippen molar-refractivity contribution in [2.24, 2.45) is 5.73 Å². The molecule has 1 atom stereocenters. The normalized spacial score (nSPS) is 11.8. The maximum Gasteiger partial charge on any atom is 0.251 e. The highest BCUT2D eigenvalue weighted by Gasteiger charge is 2.21. The molecule has 3 amide bonds. The van der Waals surface area contributed by atoms with E-state index in [4.69, 9.17) is 10.5 Å². The molecule has 0 spiro atoms. The first-order valence-corrected chi connectivity index (χ1v) is 8.53. The predicted octanol–water partition coefficient (Wildman–Crippen LogP) is 1.12. The fraction of sp³-hybridized carbons (Fsp3) is 0.500. The maximum absolute atomic E-state index is 12.9. The van der Waals surface area contributed by atoms with Crippen molar-refractivity contribution < 1.29 is 23.5 Å². The monoisotopic (exact) mass is 367 g/mol. The minimum atomic E-state index is -0.911. The Labute approximate surface area is 152 Å². The standard InChI is InChI=1S/C18H26FN3O4/c1-12(2)26-11-3-10-21-18(25)15(8-9-16(20)23)22-17(24)13-4-6-14(19)7-5-13/h4-7,12,15H,3,8-11H2,1-2H3,(H2,20,23)(H,21,25)(H,22,24). The minimum absolute atomic E-state index is 0.0434. The quantitative estimate of drug-likeness (QED) is 0.509. The van der Waals surface area contributed by atoms with Crippen LogP contribution >= 0.6 is 0 Å². The Bertz CT molecular complexity index is 605. The average molecular weight is 367 g/mol. The van der Waals surface area contributed by atoms with Gasteiger partial charge in [-0.05, 0) is 51.0 Å². The Morgan fingerprint density at radius 1 is 1.19 bits per heavy atom. The van der Waals surface area contributed by atoms with Gasteiger partial charge in [0.25, 0.3) is 5.91 Å². The molecule has 0 saturated heterocycles. The Kier molecular flexibility index (Phi) is 9.29.